The van der Waals surface area contributed by atoms with Crippen LogP contribution in [0.3, 0.4) is 0 Å². The minimum Gasteiger partial charge on any atom is -0.356 e. The molecular formula is C18H24N4OS. The van der Waals surface area contributed by atoms with E-state index in [1.54, 1.807) is 11.3 Å². The second kappa shape index (κ2) is 8.24. The molecule has 5 nitrogen and oxygen atoms in total. The Morgan fingerprint density at radius 3 is 2.92 bits per heavy atom. The minimum atomic E-state index is 0.0106. The number of thiazole rings is 1. The van der Waals surface area contributed by atoms with Gasteiger partial charge in [0.15, 0.2) is 0 Å². The lowest BCUT2D eigenvalue weighted by molar-refractivity contribution is -0.120. The van der Waals surface area contributed by atoms with E-state index in [0.717, 1.165) is 41.6 Å². The van der Waals surface area contributed by atoms with Gasteiger partial charge in [-0.05, 0) is 31.7 Å². The fourth-order valence-corrected chi connectivity index (χ4v) is 3.72. The molecule has 128 valence electrons. The Balaban J connectivity index is 1.58. The number of aromatic nitrogens is 2. The molecule has 3 rings (SSSR count). The molecule has 0 atom stereocenters. The SMILES string of the molecule is CCc1nc(CC(=O)NCc2cccnc2N2CCCCC2)cs1. The van der Waals surface area contributed by atoms with Gasteiger partial charge in [-0.15, -0.1) is 11.3 Å². The lowest BCUT2D eigenvalue weighted by atomic mass is 10.1. The number of carbonyl (C=O) groups is 1. The summed E-state index contributed by atoms with van der Waals surface area (Å²) in [4.78, 5) is 23.5. The van der Waals surface area contributed by atoms with Crippen molar-refractivity contribution in [1.82, 2.24) is 15.3 Å². The first-order chi connectivity index (χ1) is 11.8. The summed E-state index contributed by atoms with van der Waals surface area (Å²) in [5.74, 6) is 1.02. The molecule has 0 aliphatic carbocycles. The van der Waals surface area contributed by atoms with E-state index in [9.17, 15) is 4.79 Å². The first kappa shape index (κ1) is 16.9. The number of aryl methyl sites for hydroxylation is 1. The van der Waals surface area contributed by atoms with Crippen molar-refractivity contribution in [2.75, 3.05) is 18.0 Å². The van der Waals surface area contributed by atoms with Crippen LogP contribution in [0.5, 0.6) is 0 Å². The third-order valence-electron chi connectivity index (χ3n) is 4.24. The van der Waals surface area contributed by atoms with E-state index in [4.69, 9.17) is 0 Å². The second-order valence-electron chi connectivity index (χ2n) is 6.07. The highest BCUT2D eigenvalue weighted by atomic mass is 32.1. The molecule has 3 heterocycles. The third kappa shape index (κ3) is 4.32. The Bertz CT molecular complexity index is 679. The second-order valence-corrected chi connectivity index (χ2v) is 7.02. The summed E-state index contributed by atoms with van der Waals surface area (Å²) in [7, 11) is 0. The van der Waals surface area contributed by atoms with Gasteiger partial charge in [0.2, 0.25) is 5.91 Å². The highest BCUT2D eigenvalue weighted by molar-refractivity contribution is 7.09. The standard InChI is InChI=1S/C18H24N4OS/c1-2-17-21-15(13-24-17)11-16(23)20-12-14-7-6-8-19-18(14)22-9-4-3-5-10-22/h6-8,13H,2-5,9-12H2,1H3,(H,20,23). The van der Waals surface area contributed by atoms with Crippen LogP contribution in [-0.4, -0.2) is 29.0 Å². The fourth-order valence-electron chi connectivity index (χ4n) is 2.97. The lowest BCUT2D eigenvalue weighted by Crippen LogP contribution is -2.32. The quantitative estimate of drug-likeness (QED) is 0.875. The third-order valence-corrected chi connectivity index (χ3v) is 5.28. The van der Waals surface area contributed by atoms with Gasteiger partial charge in [-0.2, -0.15) is 0 Å². The van der Waals surface area contributed by atoms with Crippen LogP contribution < -0.4 is 10.2 Å². The predicted octanol–water partition coefficient (Wildman–Crippen LogP) is 2.95. The predicted molar refractivity (Wildman–Crippen MR) is 97.3 cm³/mol. The highest BCUT2D eigenvalue weighted by Gasteiger charge is 2.16. The van der Waals surface area contributed by atoms with Crippen LogP contribution in [-0.2, 0) is 24.2 Å². The molecule has 0 bridgehead atoms. The molecule has 2 aromatic heterocycles. The number of rotatable bonds is 6. The minimum absolute atomic E-state index is 0.0106. The number of piperidine rings is 1. The monoisotopic (exact) mass is 344 g/mol. The van der Waals surface area contributed by atoms with E-state index in [1.807, 2.05) is 17.6 Å². The molecule has 1 saturated heterocycles. The average molecular weight is 344 g/mol. The molecule has 0 radical (unpaired) electrons. The van der Waals surface area contributed by atoms with Gasteiger partial charge < -0.3 is 10.2 Å². The van der Waals surface area contributed by atoms with Crippen molar-refractivity contribution in [2.24, 2.45) is 0 Å². The summed E-state index contributed by atoms with van der Waals surface area (Å²) >= 11 is 1.62. The van der Waals surface area contributed by atoms with Crippen LogP contribution in [0.4, 0.5) is 5.82 Å². The number of carbonyl (C=O) groups excluding carboxylic acids is 1. The zero-order valence-corrected chi connectivity index (χ0v) is 14.9. The maximum Gasteiger partial charge on any atom is 0.226 e. The number of pyridine rings is 1. The van der Waals surface area contributed by atoms with Crippen LogP contribution in [0.15, 0.2) is 23.7 Å². The zero-order chi connectivity index (χ0) is 16.8. The van der Waals surface area contributed by atoms with Crippen molar-refractivity contribution < 1.29 is 4.79 Å². The van der Waals surface area contributed by atoms with Gasteiger partial charge in [0, 0.05) is 36.8 Å². The zero-order valence-electron chi connectivity index (χ0n) is 14.1. The summed E-state index contributed by atoms with van der Waals surface area (Å²) in [6.07, 6.45) is 6.81. The fraction of sp³-hybridized carbons (Fsp3) is 0.500. The molecule has 0 saturated carbocycles. The molecule has 1 N–H and O–H groups in total. The van der Waals surface area contributed by atoms with Crippen molar-refractivity contribution >= 4 is 23.1 Å². The van der Waals surface area contributed by atoms with Gasteiger partial charge in [0.1, 0.15) is 5.82 Å². The van der Waals surface area contributed by atoms with Gasteiger partial charge in [0.05, 0.1) is 17.1 Å². The first-order valence-corrected chi connectivity index (χ1v) is 9.53. The average Bonchev–Trinajstić information content (AvgIpc) is 3.08. The van der Waals surface area contributed by atoms with Crippen molar-refractivity contribution in [1.29, 1.82) is 0 Å². The summed E-state index contributed by atoms with van der Waals surface area (Å²) in [6, 6.07) is 3.98. The van der Waals surface area contributed by atoms with Crippen LogP contribution in [0.2, 0.25) is 0 Å². The lowest BCUT2D eigenvalue weighted by Gasteiger charge is -2.29. The van der Waals surface area contributed by atoms with Crippen molar-refractivity contribution in [3.8, 4) is 0 Å². The smallest absolute Gasteiger partial charge is 0.226 e. The van der Waals surface area contributed by atoms with Crippen molar-refractivity contribution in [2.45, 2.75) is 45.6 Å². The molecule has 0 unspecified atom stereocenters. The van der Waals surface area contributed by atoms with Gasteiger partial charge in [-0.3, -0.25) is 4.79 Å². The molecule has 6 heteroatoms. The number of amides is 1. The van der Waals surface area contributed by atoms with Crippen LogP contribution in [0.25, 0.3) is 0 Å². The molecule has 2 aromatic rings. The van der Waals surface area contributed by atoms with Crippen molar-refractivity contribution in [3.05, 3.63) is 40.0 Å². The van der Waals surface area contributed by atoms with E-state index in [2.05, 4.69) is 33.2 Å². The first-order valence-electron chi connectivity index (χ1n) is 8.65. The summed E-state index contributed by atoms with van der Waals surface area (Å²) in [6.45, 7) is 4.70. The Hall–Kier alpha value is -1.95. The topological polar surface area (TPSA) is 58.1 Å². The van der Waals surface area contributed by atoms with Crippen LogP contribution in [0.1, 0.15) is 42.5 Å². The molecule has 1 amide bonds. The molecule has 1 aliphatic rings. The molecule has 24 heavy (non-hydrogen) atoms. The van der Waals surface area contributed by atoms with Gasteiger partial charge >= 0.3 is 0 Å². The van der Waals surface area contributed by atoms with Crippen LogP contribution >= 0.6 is 11.3 Å². The van der Waals surface area contributed by atoms with E-state index >= 15 is 0 Å². The molecule has 1 aliphatic heterocycles. The van der Waals surface area contributed by atoms with Crippen molar-refractivity contribution in [3.63, 3.8) is 0 Å². The van der Waals surface area contributed by atoms with Gasteiger partial charge in [-0.1, -0.05) is 13.0 Å². The largest absolute Gasteiger partial charge is 0.356 e. The van der Waals surface area contributed by atoms with E-state index in [-0.39, 0.29) is 5.91 Å². The summed E-state index contributed by atoms with van der Waals surface area (Å²) in [5, 5.41) is 6.07. The Morgan fingerprint density at radius 1 is 1.33 bits per heavy atom. The van der Waals surface area contributed by atoms with E-state index < -0.39 is 0 Å². The number of anilines is 1. The number of nitrogens with one attached hydrogen (secondary N) is 1. The maximum atomic E-state index is 12.2. The molecular weight excluding hydrogens is 320 g/mol. The van der Waals surface area contributed by atoms with E-state index in [1.165, 1.54) is 19.3 Å². The number of hydrogen-bond acceptors (Lipinski definition) is 5. The maximum absolute atomic E-state index is 12.2. The molecule has 0 aromatic carbocycles. The summed E-state index contributed by atoms with van der Waals surface area (Å²) < 4.78 is 0. The van der Waals surface area contributed by atoms with Gasteiger partial charge in [-0.25, -0.2) is 9.97 Å². The Morgan fingerprint density at radius 2 is 2.17 bits per heavy atom. The number of hydrogen-bond donors (Lipinski definition) is 1. The molecule has 0 spiro atoms. The summed E-state index contributed by atoms with van der Waals surface area (Å²) in [5.41, 5.74) is 1.94. The number of nitrogens with zero attached hydrogens (tertiary/aromatic N) is 3. The van der Waals surface area contributed by atoms with Crippen LogP contribution in [0, 0.1) is 0 Å². The Kier molecular flexibility index (Phi) is 5.80. The highest BCUT2D eigenvalue weighted by Crippen LogP contribution is 2.21. The Labute approximate surface area is 147 Å². The molecule has 1 fully saturated rings. The normalized spacial score (nSPS) is 14.6. The van der Waals surface area contributed by atoms with Gasteiger partial charge in [0.25, 0.3) is 0 Å². The van der Waals surface area contributed by atoms with E-state index in [0.29, 0.717) is 13.0 Å².